The minimum atomic E-state index is -8.68. The summed E-state index contributed by atoms with van der Waals surface area (Å²) in [7, 11) is -3.94. The van der Waals surface area contributed by atoms with Crippen LogP contribution in [0.25, 0.3) is 0 Å². The van der Waals surface area contributed by atoms with Gasteiger partial charge in [-0.3, -0.25) is 10.0 Å². The normalized spacial score (nSPS) is 15.3. The quantitative estimate of drug-likeness (QED) is 0.0270. The van der Waals surface area contributed by atoms with E-state index in [1.165, 1.54) is 63.5 Å². The third-order valence-corrected chi connectivity index (χ3v) is 14.5. The Morgan fingerprint density at radius 3 is 1.62 bits per heavy atom. The Kier molecular flexibility index (Phi) is 16.2. The van der Waals surface area contributed by atoms with Gasteiger partial charge in [0.15, 0.2) is 8.32 Å². The van der Waals surface area contributed by atoms with Gasteiger partial charge in [0.1, 0.15) is 12.4 Å². The summed E-state index contributed by atoms with van der Waals surface area (Å²) < 4.78 is 245. The van der Waals surface area contributed by atoms with E-state index in [1.807, 2.05) is 0 Å². The molecule has 24 heteroatoms. The van der Waals surface area contributed by atoms with Crippen LogP contribution in [0.15, 0.2) is 36.4 Å². The van der Waals surface area contributed by atoms with Crippen LogP contribution in [0.5, 0.6) is 5.75 Å². The van der Waals surface area contributed by atoms with Gasteiger partial charge in [0.05, 0.1) is 12.7 Å². The number of hydroxylamine groups is 1. The van der Waals surface area contributed by atoms with Crippen molar-refractivity contribution in [1.29, 1.82) is 0 Å². The third kappa shape index (κ3) is 10.00. The molecule has 0 bridgehead atoms. The zero-order chi connectivity index (χ0) is 43.3. The zero-order valence-electron chi connectivity index (χ0n) is 29.2. The number of aliphatic hydroxyl groups excluding tert-OH is 1. The molecule has 0 heterocycles. The van der Waals surface area contributed by atoms with Gasteiger partial charge in [0.25, 0.3) is 5.91 Å². The van der Waals surface area contributed by atoms with Crippen molar-refractivity contribution in [2.45, 2.75) is 124 Å². The molecule has 320 valence electrons. The van der Waals surface area contributed by atoms with Gasteiger partial charge in [-0.25, -0.2) is 5.48 Å². The molecule has 0 radical (unpaired) electrons. The van der Waals surface area contributed by atoms with Crippen LogP contribution >= 0.6 is 0 Å². The number of rotatable bonds is 22. The summed E-state index contributed by atoms with van der Waals surface area (Å²) in [6.45, 7) is 4.43. The van der Waals surface area contributed by atoms with Gasteiger partial charge in [-0.05, 0) is 54.1 Å². The maximum absolute atomic E-state index is 14.8. The molecule has 1 rings (SSSR count). The lowest BCUT2D eigenvalue weighted by Crippen LogP contribution is -2.74. The van der Waals surface area contributed by atoms with Crippen molar-refractivity contribution in [3.63, 3.8) is 0 Å². The van der Waals surface area contributed by atoms with E-state index in [9.17, 15) is 84.5 Å². The average molecular weight is 856 g/mol. The molecule has 0 spiro atoms. The Morgan fingerprint density at radius 1 is 0.727 bits per heavy atom. The highest BCUT2D eigenvalue weighted by Gasteiger charge is 2.95. The summed E-state index contributed by atoms with van der Waals surface area (Å²) in [5.74, 6) is -57.2. The average Bonchev–Trinajstić information content (AvgIpc) is 3.06. The molecule has 0 fully saturated rings. The van der Waals surface area contributed by atoms with Gasteiger partial charge in [-0.15, -0.1) is 0 Å². The van der Waals surface area contributed by atoms with Crippen molar-refractivity contribution in [2.75, 3.05) is 13.2 Å². The number of hydrogen-bond donors (Lipinski definition) is 3. The molecule has 1 amide bonds. The smallest absolute Gasteiger partial charge is 0.460 e. The second-order valence-corrected chi connectivity index (χ2v) is 18.0. The Balaban J connectivity index is 3.14. The predicted octanol–water partition coefficient (Wildman–Crippen LogP) is 10.5. The zero-order valence-corrected chi connectivity index (χ0v) is 30.2. The Hall–Kier alpha value is -2.86. The monoisotopic (exact) mass is 855 g/mol. The van der Waals surface area contributed by atoms with Crippen molar-refractivity contribution >= 4 is 14.2 Å². The molecule has 0 unspecified atom stereocenters. The molecular formula is C31H38F17NO5Si. The molecule has 1 aromatic rings. The highest BCUT2D eigenvalue weighted by molar-refractivity contribution is 6.76. The first kappa shape index (κ1) is 50.2. The Bertz CT molecular complexity index is 1410. The molecule has 0 aromatic heterocycles. The number of ether oxygens (including phenoxy) is 1. The molecule has 0 saturated carbocycles. The topological polar surface area (TPSA) is 88.0 Å². The van der Waals surface area contributed by atoms with E-state index in [1.54, 1.807) is 0 Å². The van der Waals surface area contributed by atoms with E-state index >= 15 is 0 Å². The van der Waals surface area contributed by atoms with Crippen LogP contribution in [-0.4, -0.2) is 85.4 Å². The summed E-state index contributed by atoms with van der Waals surface area (Å²) >= 11 is 0. The van der Waals surface area contributed by atoms with Crippen LogP contribution in [0.2, 0.25) is 17.1 Å². The third-order valence-electron chi connectivity index (χ3n) is 8.79. The lowest BCUT2D eigenvalue weighted by Gasteiger charge is -2.44. The fourth-order valence-electron chi connectivity index (χ4n) is 5.36. The summed E-state index contributed by atoms with van der Waals surface area (Å²) in [5, 5.41) is 18.7. The molecular weight excluding hydrogens is 817 g/mol. The standard InChI is InChI=1S/C31H38F17NO5Si/c1-18(2)55(19(3)4,54-16-15-53-21-12-10-20(11-13-21)22(50)8-6-5-7-9-23(51)49-52)17-14-24(32,33)25(34,35)26(36,37)27(38,39)28(40,41)29(42,43)30(44,45)31(46,47)48/h7,9-13,18-19,22,50,52H,5-6,8,14-17H2,1-4H3,(H,49,51)/b9-7+/t22-/m1/s1. The van der Waals surface area contributed by atoms with Gasteiger partial charge in [0.2, 0.25) is 0 Å². The summed E-state index contributed by atoms with van der Waals surface area (Å²) in [4.78, 5) is 10.9. The van der Waals surface area contributed by atoms with Crippen LogP contribution in [-0.2, 0) is 9.22 Å². The minimum Gasteiger partial charge on any atom is -0.491 e. The molecule has 0 aliphatic rings. The van der Waals surface area contributed by atoms with Crippen LogP contribution in [0.1, 0.15) is 65.0 Å². The van der Waals surface area contributed by atoms with Crippen molar-refractivity contribution in [3.8, 4) is 5.75 Å². The second-order valence-electron chi connectivity index (χ2n) is 13.0. The maximum Gasteiger partial charge on any atom is 0.460 e. The van der Waals surface area contributed by atoms with Gasteiger partial charge in [0, 0.05) is 12.5 Å². The highest BCUT2D eigenvalue weighted by Crippen LogP contribution is 2.64. The predicted molar refractivity (Wildman–Crippen MR) is 162 cm³/mol. The van der Waals surface area contributed by atoms with Crippen molar-refractivity contribution in [3.05, 3.63) is 42.0 Å². The number of hydrogen-bond acceptors (Lipinski definition) is 5. The van der Waals surface area contributed by atoms with Gasteiger partial charge >= 0.3 is 47.6 Å². The molecule has 0 saturated heterocycles. The summed E-state index contributed by atoms with van der Waals surface area (Å²) in [6.07, 6.45) is -7.64. The first-order chi connectivity index (χ1) is 24.7. The number of alkyl halides is 17. The number of carbonyl (C=O) groups is 1. The minimum absolute atomic E-state index is 0.170. The number of amides is 1. The van der Waals surface area contributed by atoms with Gasteiger partial charge < -0.3 is 14.3 Å². The largest absolute Gasteiger partial charge is 0.491 e. The van der Waals surface area contributed by atoms with Crippen molar-refractivity contribution in [2.24, 2.45) is 0 Å². The van der Waals surface area contributed by atoms with Crippen molar-refractivity contribution in [1.82, 2.24) is 5.48 Å². The number of carbonyl (C=O) groups excluding carboxylic acids is 1. The number of nitrogens with one attached hydrogen (secondary N) is 1. The highest BCUT2D eigenvalue weighted by atomic mass is 28.4. The van der Waals surface area contributed by atoms with E-state index in [4.69, 9.17) is 14.4 Å². The first-order valence-electron chi connectivity index (χ1n) is 16.0. The molecule has 3 N–H and O–H groups in total. The number of halogens is 17. The maximum atomic E-state index is 14.8. The van der Waals surface area contributed by atoms with E-state index in [0.29, 0.717) is 18.4 Å². The molecule has 55 heavy (non-hydrogen) atoms. The van der Waals surface area contributed by atoms with E-state index in [0.717, 1.165) is 6.08 Å². The summed E-state index contributed by atoms with van der Waals surface area (Å²) in [6, 6.07) is 4.45. The Morgan fingerprint density at radius 2 is 1.18 bits per heavy atom. The summed E-state index contributed by atoms with van der Waals surface area (Å²) in [5.41, 5.74) is 0.147. The SMILES string of the molecule is CC(C)[Si](CCC(F)(F)C(F)(F)C(F)(F)C(F)(F)C(F)(F)C(F)(F)C(F)(F)C(F)(F)F)(OCCOc1ccc([C@H](O)CCC/C=C/C(=O)NO)cc1)C(C)C. The van der Waals surface area contributed by atoms with Crippen molar-refractivity contribution < 1.29 is 98.9 Å². The lowest BCUT2D eigenvalue weighted by molar-refractivity contribution is -0.461. The van der Waals surface area contributed by atoms with Crippen LogP contribution in [0, 0.1) is 0 Å². The molecule has 0 aliphatic carbocycles. The van der Waals surface area contributed by atoms with Gasteiger partial charge in [-0.1, -0.05) is 45.9 Å². The lowest BCUT2D eigenvalue weighted by atomic mass is 9.88. The fourth-order valence-corrected chi connectivity index (χ4v) is 9.82. The number of aliphatic hydroxyl groups is 1. The molecule has 1 aromatic carbocycles. The molecule has 6 nitrogen and oxygen atoms in total. The second kappa shape index (κ2) is 17.7. The molecule has 0 aliphatic heterocycles. The van der Waals surface area contributed by atoms with E-state index < -0.39 is 98.1 Å². The Labute approximate surface area is 304 Å². The fraction of sp³-hybridized carbons (Fsp3) is 0.710. The van der Waals surface area contributed by atoms with Crippen LogP contribution < -0.4 is 10.2 Å². The number of allylic oxidation sites excluding steroid dienone is 1. The number of benzene rings is 1. The van der Waals surface area contributed by atoms with Crippen LogP contribution in [0.4, 0.5) is 74.6 Å². The number of unbranched alkanes of at least 4 members (excludes halogenated alkanes) is 1. The van der Waals surface area contributed by atoms with E-state index in [2.05, 4.69) is 0 Å². The van der Waals surface area contributed by atoms with Gasteiger partial charge in [-0.2, -0.15) is 74.6 Å². The first-order valence-corrected chi connectivity index (χ1v) is 18.3. The van der Waals surface area contributed by atoms with Crippen LogP contribution in [0.3, 0.4) is 0 Å². The van der Waals surface area contributed by atoms with E-state index in [-0.39, 0.29) is 18.8 Å². The molecule has 1 atom stereocenters.